The van der Waals surface area contributed by atoms with Crippen LogP contribution in [0.4, 0.5) is 34.1 Å². The molecule has 73 heavy (non-hydrogen) atoms. The molecule has 6 nitrogen and oxygen atoms in total. The highest BCUT2D eigenvalue weighted by molar-refractivity contribution is 6.22. The van der Waals surface area contributed by atoms with E-state index in [-0.39, 0.29) is 0 Å². The quantitative estimate of drug-likeness (QED) is 0.166. The van der Waals surface area contributed by atoms with E-state index in [0.29, 0.717) is 0 Å². The Morgan fingerprint density at radius 1 is 0.342 bits per heavy atom. The van der Waals surface area contributed by atoms with Crippen molar-refractivity contribution in [3.63, 3.8) is 0 Å². The molecule has 0 spiro atoms. The van der Waals surface area contributed by atoms with Crippen LogP contribution in [-0.4, -0.2) is 0 Å². The summed E-state index contributed by atoms with van der Waals surface area (Å²) in [6, 6.07) is 64.8. The molecular weight excluding hydrogens is 897 g/mol. The lowest BCUT2D eigenvalue weighted by Crippen LogP contribution is -2.17. The van der Waals surface area contributed by atoms with Gasteiger partial charge in [0.1, 0.15) is 27.9 Å². The molecule has 1 aliphatic rings. The summed E-state index contributed by atoms with van der Waals surface area (Å²) in [7, 11) is 0. The van der Waals surface area contributed by atoms with Gasteiger partial charge in [0.25, 0.3) is 0 Å². The monoisotopic (exact) mass is 944 g/mol. The van der Waals surface area contributed by atoms with Crippen LogP contribution in [0.2, 0.25) is 0 Å². The predicted molar refractivity (Wildman–Crippen MR) is 301 cm³/mol. The van der Waals surface area contributed by atoms with Gasteiger partial charge in [0.2, 0.25) is 0 Å². The minimum Gasteiger partial charge on any atom is -0.456 e. The summed E-state index contributed by atoms with van der Waals surface area (Å²) in [5, 5.41) is 8.65. The van der Waals surface area contributed by atoms with Crippen LogP contribution >= 0.6 is 0 Å². The standard InChI is InChI=1S/C67H48N2O4/c1-37-17-13-18-38(2)62(37)68(52-26-15-24-45-42-21-7-10-28-55(42)71-64(45)52)41-31-32-44-48-34-49-50(36-59(48)70-58(44)33-41)67(5,6)51-35-54(66-61(60(49)51)47-23-9-12-30-57(47)73-66)69(63-39(3)19-14-20-40(63)4)53-27-16-25-46-43-22-8-11-29-56(43)72-65(46)53/h7-36H,1-6H3. The largest absolute Gasteiger partial charge is 0.456 e. The average Bonchev–Trinajstić information content (AvgIpc) is 4.22. The van der Waals surface area contributed by atoms with Crippen molar-refractivity contribution < 1.29 is 17.7 Å². The van der Waals surface area contributed by atoms with E-state index in [4.69, 9.17) is 17.7 Å². The molecule has 15 rings (SSSR count). The predicted octanol–water partition coefficient (Wildman–Crippen LogP) is 19.8. The van der Waals surface area contributed by atoms with Gasteiger partial charge in [0, 0.05) is 54.6 Å². The Hall–Kier alpha value is -9.00. The summed E-state index contributed by atoms with van der Waals surface area (Å²) in [5.41, 5.74) is 21.9. The highest BCUT2D eigenvalue weighted by Gasteiger charge is 2.41. The maximum absolute atomic E-state index is 7.18. The van der Waals surface area contributed by atoms with Gasteiger partial charge in [-0.05, 0) is 133 Å². The van der Waals surface area contributed by atoms with Gasteiger partial charge in [-0.15, -0.1) is 0 Å². The van der Waals surface area contributed by atoms with E-state index in [1.54, 1.807) is 0 Å². The fraction of sp³-hybridized carbons (Fsp3) is 0.104. The number of nitrogens with zero attached hydrogens (tertiary/aromatic N) is 2. The third kappa shape index (κ3) is 5.80. The number of para-hydroxylation sites is 7. The number of fused-ring (bicyclic) bond motifs is 16. The molecule has 350 valence electrons. The van der Waals surface area contributed by atoms with E-state index in [1.165, 1.54) is 33.4 Å². The lowest BCUT2D eigenvalue weighted by atomic mass is 9.81. The van der Waals surface area contributed by atoms with Crippen molar-refractivity contribution in [2.24, 2.45) is 0 Å². The van der Waals surface area contributed by atoms with Gasteiger partial charge in [0.15, 0.2) is 16.7 Å². The molecule has 14 aromatic rings. The summed E-state index contributed by atoms with van der Waals surface area (Å²) < 4.78 is 27.8. The molecule has 0 bridgehead atoms. The second-order valence-electron chi connectivity index (χ2n) is 20.6. The van der Waals surface area contributed by atoms with E-state index in [1.807, 2.05) is 18.2 Å². The Morgan fingerprint density at radius 3 is 1.44 bits per heavy atom. The van der Waals surface area contributed by atoms with Gasteiger partial charge < -0.3 is 27.5 Å². The molecule has 0 aliphatic heterocycles. The van der Waals surface area contributed by atoms with Crippen molar-refractivity contribution in [2.45, 2.75) is 47.0 Å². The van der Waals surface area contributed by atoms with Crippen molar-refractivity contribution in [2.75, 3.05) is 9.80 Å². The van der Waals surface area contributed by atoms with Gasteiger partial charge in [-0.1, -0.05) is 129 Å². The maximum atomic E-state index is 7.18. The van der Waals surface area contributed by atoms with Crippen LogP contribution in [0.5, 0.6) is 0 Å². The van der Waals surface area contributed by atoms with Crippen molar-refractivity contribution in [1.82, 2.24) is 0 Å². The number of rotatable bonds is 6. The van der Waals surface area contributed by atoms with Crippen molar-refractivity contribution in [1.29, 1.82) is 0 Å². The fourth-order valence-electron chi connectivity index (χ4n) is 12.5. The van der Waals surface area contributed by atoms with E-state index in [2.05, 4.69) is 215 Å². The van der Waals surface area contributed by atoms with Crippen LogP contribution in [-0.2, 0) is 5.41 Å². The normalized spacial score (nSPS) is 13.2. The van der Waals surface area contributed by atoms with Crippen LogP contribution in [0, 0.1) is 27.7 Å². The number of hydrogen-bond donors (Lipinski definition) is 0. The molecule has 4 aromatic heterocycles. The molecule has 10 aromatic carbocycles. The second-order valence-corrected chi connectivity index (χ2v) is 20.6. The Bertz CT molecular complexity index is 4630. The van der Waals surface area contributed by atoms with E-state index >= 15 is 0 Å². The second kappa shape index (κ2) is 15.0. The van der Waals surface area contributed by atoms with E-state index < -0.39 is 5.41 Å². The summed E-state index contributed by atoms with van der Waals surface area (Å²) in [4.78, 5) is 4.74. The molecule has 0 fully saturated rings. The zero-order valence-electron chi connectivity index (χ0n) is 41.3. The maximum Gasteiger partial charge on any atom is 0.160 e. The summed E-state index contributed by atoms with van der Waals surface area (Å²) in [6.07, 6.45) is 0. The topological polar surface area (TPSA) is 59.0 Å². The lowest BCUT2D eigenvalue weighted by molar-refractivity contribution is 0.646. The van der Waals surface area contributed by atoms with E-state index in [0.717, 1.165) is 133 Å². The summed E-state index contributed by atoms with van der Waals surface area (Å²) in [6.45, 7) is 13.5. The molecule has 0 saturated heterocycles. The smallest absolute Gasteiger partial charge is 0.160 e. The number of anilines is 6. The Balaban J connectivity index is 0.961. The van der Waals surface area contributed by atoms with Crippen LogP contribution in [0.25, 0.3) is 98.9 Å². The Morgan fingerprint density at radius 2 is 0.822 bits per heavy atom. The highest BCUT2D eigenvalue weighted by Crippen LogP contribution is 2.59. The van der Waals surface area contributed by atoms with Crippen molar-refractivity contribution in [3.05, 3.63) is 215 Å². The number of benzene rings is 10. The van der Waals surface area contributed by atoms with Crippen LogP contribution in [0.1, 0.15) is 47.2 Å². The molecule has 0 saturated carbocycles. The zero-order chi connectivity index (χ0) is 49.0. The molecule has 4 heterocycles. The minimum absolute atomic E-state index is 0.424. The molecule has 0 amide bonds. The first-order valence-electron chi connectivity index (χ1n) is 25.2. The first kappa shape index (κ1) is 41.8. The third-order valence-corrected chi connectivity index (χ3v) is 15.9. The van der Waals surface area contributed by atoms with Crippen LogP contribution in [0.3, 0.4) is 0 Å². The minimum atomic E-state index is -0.424. The summed E-state index contributed by atoms with van der Waals surface area (Å²) in [5.74, 6) is 0. The molecule has 6 heteroatoms. The Kier molecular flexibility index (Phi) is 8.59. The van der Waals surface area contributed by atoms with Gasteiger partial charge >= 0.3 is 0 Å². The van der Waals surface area contributed by atoms with Gasteiger partial charge in [-0.25, -0.2) is 0 Å². The molecule has 0 radical (unpaired) electrons. The summed E-state index contributed by atoms with van der Waals surface area (Å²) >= 11 is 0. The average molecular weight is 945 g/mol. The number of furan rings is 4. The fourth-order valence-corrected chi connectivity index (χ4v) is 12.5. The van der Waals surface area contributed by atoms with Gasteiger partial charge in [0.05, 0.1) is 34.1 Å². The van der Waals surface area contributed by atoms with Crippen LogP contribution < -0.4 is 9.80 Å². The highest BCUT2D eigenvalue weighted by atomic mass is 16.3. The first-order valence-corrected chi connectivity index (χ1v) is 25.2. The molecule has 0 atom stereocenters. The number of aryl methyl sites for hydroxylation is 4. The molecule has 0 N–H and O–H groups in total. The van der Waals surface area contributed by atoms with Gasteiger partial charge in [-0.2, -0.15) is 0 Å². The van der Waals surface area contributed by atoms with Crippen molar-refractivity contribution >= 4 is 122 Å². The third-order valence-electron chi connectivity index (χ3n) is 15.9. The Labute approximate surface area is 420 Å². The molecule has 1 aliphatic carbocycles. The van der Waals surface area contributed by atoms with Crippen molar-refractivity contribution in [3.8, 4) is 11.1 Å². The lowest BCUT2D eigenvalue weighted by Gasteiger charge is -2.30. The first-order chi connectivity index (χ1) is 35.6. The SMILES string of the molecule is Cc1cccc(C)c1N(c1ccc2c(c1)oc1cc3c(cc12)-c1c(cc(N(c2c(C)cccc2C)c2cccc4c2oc2ccccc24)c2oc4ccccc4c12)C3(C)C)c1cccc2c1oc1ccccc12. The van der Waals surface area contributed by atoms with E-state index in [9.17, 15) is 0 Å². The zero-order valence-corrected chi connectivity index (χ0v) is 41.3. The molecular formula is C67H48N2O4. The number of hydrogen-bond acceptors (Lipinski definition) is 6. The van der Waals surface area contributed by atoms with Crippen LogP contribution in [0.15, 0.2) is 200 Å². The molecule has 0 unspecified atom stereocenters. The van der Waals surface area contributed by atoms with Gasteiger partial charge in [-0.3, -0.25) is 0 Å².